The van der Waals surface area contributed by atoms with E-state index in [-0.39, 0.29) is 11.5 Å². The van der Waals surface area contributed by atoms with E-state index in [1.165, 1.54) is 13.0 Å². The number of nitrogens with one attached hydrogen (secondary N) is 1. The standard InChI is InChI=1S/C10H11NO4S/c1-6-10(13)16(14,15)9-4-7(5-12)2-3-8(9)11-6/h2-4,6,11-12H,5H2,1H3. The van der Waals surface area contributed by atoms with Gasteiger partial charge in [0.25, 0.3) is 5.12 Å². The van der Waals surface area contributed by atoms with Gasteiger partial charge >= 0.3 is 0 Å². The van der Waals surface area contributed by atoms with Crippen LogP contribution in [0, 0.1) is 0 Å². The molecule has 0 saturated heterocycles. The Kier molecular flexibility index (Phi) is 2.47. The maximum Gasteiger partial charge on any atom is 0.272 e. The van der Waals surface area contributed by atoms with Crippen molar-refractivity contribution in [3.05, 3.63) is 23.8 Å². The summed E-state index contributed by atoms with van der Waals surface area (Å²) in [4.78, 5) is 11.4. The number of hydrogen-bond donors (Lipinski definition) is 2. The summed E-state index contributed by atoms with van der Waals surface area (Å²) >= 11 is 0. The second-order valence-electron chi connectivity index (χ2n) is 3.68. The van der Waals surface area contributed by atoms with Crippen LogP contribution in [0.4, 0.5) is 5.69 Å². The van der Waals surface area contributed by atoms with E-state index in [0.717, 1.165) is 0 Å². The first-order chi connectivity index (χ1) is 7.46. The molecule has 1 unspecified atom stereocenters. The normalized spacial score (nSPS) is 22.4. The lowest BCUT2D eigenvalue weighted by molar-refractivity contribution is -0.112. The van der Waals surface area contributed by atoms with E-state index < -0.39 is 21.0 Å². The van der Waals surface area contributed by atoms with Gasteiger partial charge in [-0.3, -0.25) is 4.79 Å². The minimum Gasteiger partial charge on any atom is -0.392 e. The number of rotatable bonds is 1. The largest absolute Gasteiger partial charge is 0.392 e. The third-order valence-corrected chi connectivity index (χ3v) is 4.31. The molecule has 1 atom stereocenters. The van der Waals surface area contributed by atoms with Crippen molar-refractivity contribution >= 4 is 20.6 Å². The van der Waals surface area contributed by atoms with Crippen LogP contribution in [0.15, 0.2) is 23.1 Å². The Balaban J connectivity index is 2.67. The smallest absolute Gasteiger partial charge is 0.272 e. The van der Waals surface area contributed by atoms with Crippen LogP contribution in [-0.2, 0) is 21.2 Å². The maximum atomic E-state index is 11.8. The summed E-state index contributed by atoms with van der Waals surface area (Å²) in [6.45, 7) is 1.25. The van der Waals surface area contributed by atoms with Gasteiger partial charge < -0.3 is 10.4 Å². The number of sulfone groups is 1. The molecule has 0 amide bonds. The summed E-state index contributed by atoms with van der Waals surface area (Å²) in [5.74, 6) is 0. The monoisotopic (exact) mass is 241 g/mol. The van der Waals surface area contributed by atoms with Crippen LogP contribution in [0.1, 0.15) is 12.5 Å². The zero-order chi connectivity index (χ0) is 11.9. The van der Waals surface area contributed by atoms with Crippen LogP contribution < -0.4 is 5.32 Å². The number of aliphatic hydroxyl groups excluding tert-OH is 1. The number of aliphatic hydroxyl groups is 1. The average Bonchev–Trinajstić information content (AvgIpc) is 2.26. The Bertz CT molecular complexity index is 550. The molecule has 5 nitrogen and oxygen atoms in total. The van der Waals surface area contributed by atoms with Crippen LogP contribution in [0.25, 0.3) is 0 Å². The number of benzene rings is 1. The molecule has 1 aromatic rings. The number of carbonyl (C=O) groups excluding carboxylic acids is 1. The lowest BCUT2D eigenvalue weighted by Crippen LogP contribution is -2.37. The zero-order valence-corrected chi connectivity index (χ0v) is 9.41. The van der Waals surface area contributed by atoms with E-state index in [9.17, 15) is 13.2 Å². The SMILES string of the molecule is CC1Nc2ccc(CO)cc2S(=O)(=O)C1=O. The van der Waals surface area contributed by atoms with Gasteiger partial charge in [-0.1, -0.05) is 6.07 Å². The molecule has 1 aliphatic heterocycles. The van der Waals surface area contributed by atoms with Gasteiger partial charge in [-0.05, 0) is 24.6 Å². The van der Waals surface area contributed by atoms with Gasteiger partial charge in [0.05, 0.1) is 23.2 Å². The van der Waals surface area contributed by atoms with Crippen molar-refractivity contribution in [2.75, 3.05) is 5.32 Å². The fourth-order valence-corrected chi connectivity index (χ4v) is 3.10. The van der Waals surface area contributed by atoms with Crippen molar-refractivity contribution in [3.63, 3.8) is 0 Å². The molecule has 0 bridgehead atoms. The van der Waals surface area contributed by atoms with Gasteiger partial charge in [0.15, 0.2) is 0 Å². The van der Waals surface area contributed by atoms with Gasteiger partial charge in [0.1, 0.15) is 0 Å². The predicted molar refractivity (Wildman–Crippen MR) is 57.6 cm³/mol. The highest BCUT2D eigenvalue weighted by molar-refractivity contribution is 8.06. The molecule has 1 heterocycles. The minimum atomic E-state index is -3.92. The Morgan fingerprint density at radius 2 is 2.12 bits per heavy atom. The lowest BCUT2D eigenvalue weighted by atomic mass is 10.2. The van der Waals surface area contributed by atoms with E-state index >= 15 is 0 Å². The topological polar surface area (TPSA) is 83.5 Å². The first-order valence-corrected chi connectivity index (χ1v) is 6.24. The van der Waals surface area contributed by atoms with Crippen molar-refractivity contribution in [1.82, 2.24) is 0 Å². The molecule has 1 aromatic carbocycles. The van der Waals surface area contributed by atoms with Crippen molar-refractivity contribution in [3.8, 4) is 0 Å². The van der Waals surface area contributed by atoms with Crippen molar-refractivity contribution in [2.45, 2.75) is 24.5 Å². The van der Waals surface area contributed by atoms with Gasteiger partial charge in [-0.2, -0.15) is 0 Å². The van der Waals surface area contributed by atoms with Crippen LogP contribution in [-0.4, -0.2) is 24.7 Å². The first kappa shape index (κ1) is 11.1. The third kappa shape index (κ3) is 1.50. The maximum absolute atomic E-state index is 11.8. The summed E-state index contributed by atoms with van der Waals surface area (Å²) in [6, 6.07) is 3.75. The number of hydrogen-bond acceptors (Lipinski definition) is 5. The fraction of sp³-hybridized carbons (Fsp3) is 0.300. The van der Waals surface area contributed by atoms with E-state index in [2.05, 4.69) is 5.32 Å². The predicted octanol–water partition coefficient (Wildman–Crippen LogP) is 0.293. The van der Waals surface area contributed by atoms with Crippen molar-refractivity contribution in [2.24, 2.45) is 0 Å². The molecule has 6 heteroatoms. The molecule has 2 N–H and O–H groups in total. The molecular formula is C10H11NO4S. The Hall–Kier alpha value is -1.40. The quantitative estimate of drug-likeness (QED) is 0.738. The Morgan fingerprint density at radius 3 is 2.75 bits per heavy atom. The molecule has 0 saturated carbocycles. The number of anilines is 1. The van der Waals surface area contributed by atoms with Crippen LogP contribution in [0.5, 0.6) is 0 Å². The first-order valence-electron chi connectivity index (χ1n) is 4.76. The van der Waals surface area contributed by atoms with Crippen LogP contribution >= 0.6 is 0 Å². The molecule has 0 radical (unpaired) electrons. The summed E-state index contributed by atoms with van der Waals surface area (Å²) in [7, 11) is -3.92. The Labute approximate surface area is 93.0 Å². The number of fused-ring (bicyclic) bond motifs is 1. The summed E-state index contributed by atoms with van der Waals surface area (Å²) < 4.78 is 23.6. The highest BCUT2D eigenvalue weighted by atomic mass is 32.2. The molecule has 1 aliphatic rings. The Morgan fingerprint density at radius 1 is 1.44 bits per heavy atom. The molecule has 0 fully saturated rings. The highest BCUT2D eigenvalue weighted by Gasteiger charge is 2.36. The highest BCUT2D eigenvalue weighted by Crippen LogP contribution is 2.30. The summed E-state index contributed by atoms with van der Waals surface area (Å²) in [6.07, 6.45) is 0. The molecule has 0 spiro atoms. The molecule has 16 heavy (non-hydrogen) atoms. The van der Waals surface area contributed by atoms with Gasteiger partial charge in [-0.15, -0.1) is 0 Å². The van der Waals surface area contributed by atoms with E-state index in [1.54, 1.807) is 12.1 Å². The van der Waals surface area contributed by atoms with Crippen molar-refractivity contribution in [1.29, 1.82) is 0 Å². The average molecular weight is 241 g/mol. The lowest BCUT2D eigenvalue weighted by Gasteiger charge is -2.23. The van der Waals surface area contributed by atoms with Crippen LogP contribution in [0.3, 0.4) is 0 Å². The molecule has 2 rings (SSSR count). The summed E-state index contributed by atoms with van der Waals surface area (Å²) in [5, 5.41) is 10.9. The van der Waals surface area contributed by atoms with E-state index in [0.29, 0.717) is 11.3 Å². The minimum absolute atomic E-state index is 0.0536. The van der Waals surface area contributed by atoms with Crippen LogP contribution in [0.2, 0.25) is 0 Å². The third-order valence-electron chi connectivity index (χ3n) is 2.51. The second-order valence-corrected chi connectivity index (χ2v) is 5.53. The van der Waals surface area contributed by atoms with Gasteiger partial charge in [0.2, 0.25) is 9.84 Å². The summed E-state index contributed by atoms with van der Waals surface area (Å²) in [5.41, 5.74) is 0.871. The van der Waals surface area contributed by atoms with E-state index in [1.807, 2.05) is 0 Å². The van der Waals surface area contributed by atoms with Gasteiger partial charge in [-0.25, -0.2) is 8.42 Å². The van der Waals surface area contributed by atoms with Crippen molar-refractivity contribution < 1.29 is 18.3 Å². The zero-order valence-electron chi connectivity index (χ0n) is 8.60. The molecule has 0 aliphatic carbocycles. The van der Waals surface area contributed by atoms with Gasteiger partial charge in [0, 0.05) is 0 Å². The van der Waals surface area contributed by atoms with E-state index in [4.69, 9.17) is 5.11 Å². The number of carbonyl (C=O) groups is 1. The molecule has 0 aromatic heterocycles. The molecular weight excluding hydrogens is 230 g/mol. The fourth-order valence-electron chi connectivity index (χ4n) is 1.64. The molecule has 86 valence electrons. The second kappa shape index (κ2) is 3.57.